The third-order valence-electron chi connectivity index (χ3n) is 4.11. The molecule has 3 aromatic rings. The SMILES string of the molecule is O=C(NC(=S)Nc1cc(C(=O)O)c(Cl)cc1Cl)c1cccc(OCc2ccccc2)c1. The number of thiocarbonyl (C=S) groups is 1. The van der Waals surface area contributed by atoms with Crippen molar-refractivity contribution in [1.29, 1.82) is 0 Å². The molecular formula is C22H16Cl2N2O4S. The predicted molar refractivity (Wildman–Crippen MR) is 124 cm³/mol. The van der Waals surface area contributed by atoms with E-state index in [1.54, 1.807) is 24.3 Å². The second kappa shape index (κ2) is 10.3. The summed E-state index contributed by atoms with van der Waals surface area (Å²) in [5, 5.41) is 14.5. The first kappa shape index (κ1) is 22.6. The van der Waals surface area contributed by atoms with Crippen molar-refractivity contribution < 1.29 is 19.4 Å². The number of aromatic carboxylic acids is 1. The number of hydrogen-bond acceptors (Lipinski definition) is 4. The molecule has 3 N–H and O–H groups in total. The van der Waals surface area contributed by atoms with Gasteiger partial charge in [0.2, 0.25) is 0 Å². The monoisotopic (exact) mass is 474 g/mol. The number of halogens is 2. The maximum atomic E-state index is 12.5. The summed E-state index contributed by atoms with van der Waals surface area (Å²) in [5.41, 5.74) is 1.39. The second-order valence-corrected chi connectivity index (χ2v) is 7.55. The Morgan fingerprint density at radius 1 is 0.968 bits per heavy atom. The van der Waals surface area contributed by atoms with E-state index in [9.17, 15) is 14.7 Å². The third kappa shape index (κ3) is 6.18. The molecule has 158 valence electrons. The molecule has 0 aliphatic carbocycles. The van der Waals surface area contributed by atoms with E-state index < -0.39 is 11.9 Å². The first-order valence-electron chi connectivity index (χ1n) is 8.95. The van der Waals surface area contributed by atoms with E-state index in [-0.39, 0.29) is 26.4 Å². The van der Waals surface area contributed by atoms with Gasteiger partial charge in [0.1, 0.15) is 12.4 Å². The Kier molecular flexibility index (Phi) is 7.46. The molecule has 0 radical (unpaired) electrons. The molecule has 0 saturated heterocycles. The molecule has 0 aliphatic heterocycles. The smallest absolute Gasteiger partial charge is 0.337 e. The lowest BCUT2D eigenvalue weighted by Gasteiger charge is -2.13. The van der Waals surface area contributed by atoms with Crippen LogP contribution in [0.2, 0.25) is 10.0 Å². The van der Waals surface area contributed by atoms with Gasteiger partial charge in [-0.1, -0.05) is 59.6 Å². The van der Waals surface area contributed by atoms with E-state index in [1.165, 1.54) is 12.1 Å². The van der Waals surface area contributed by atoms with Crippen LogP contribution < -0.4 is 15.4 Å². The fourth-order valence-electron chi connectivity index (χ4n) is 2.61. The molecule has 31 heavy (non-hydrogen) atoms. The maximum Gasteiger partial charge on any atom is 0.337 e. The van der Waals surface area contributed by atoms with Crippen LogP contribution >= 0.6 is 35.4 Å². The van der Waals surface area contributed by atoms with Crippen molar-refractivity contribution in [2.75, 3.05) is 5.32 Å². The molecule has 0 spiro atoms. The van der Waals surface area contributed by atoms with Crippen LogP contribution in [0.1, 0.15) is 26.3 Å². The largest absolute Gasteiger partial charge is 0.489 e. The molecule has 1 amide bonds. The van der Waals surface area contributed by atoms with Gasteiger partial charge in [-0.25, -0.2) is 4.79 Å². The lowest BCUT2D eigenvalue weighted by molar-refractivity contribution is 0.0697. The molecule has 9 heteroatoms. The molecule has 0 aromatic heterocycles. The molecular weight excluding hydrogens is 459 g/mol. The van der Waals surface area contributed by atoms with Gasteiger partial charge in [0.15, 0.2) is 5.11 Å². The van der Waals surface area contributed by atoms with Gasteiger partial charge < -0.3 is 15.2 Å². The number of benzene rings is 3. The van der Waals surface area contributed by atoms with E-state index in [1.807, 2.05) is 30.3 Å². The molecule has 0 heterocycles. The lowest BCUT2D eigenvalue weighted by atomic mass is 10.2. The number of carboxylic acids is 1. The van der Waals surface area contributed by atoms with Gasteiger partial charge in [0, 0.05) is 5.56 Å². The van der Waals surface area contributed by atoms with Crippen LogP contribution in [0, 0.1) is 0 Å². The molecule has 0 saturated carbocycles. The highest BCUT2D eigenvalue weighted by Gasteiger charge is 2.15. The second-order valence-electron chi connectivity index (χ2n) is 6.33. The van der Waals surface area contributed by atoms with Gasteiger partial charge in [0.25, 0.3) is 5.91 Å². The van der Waals surface area contributed by atoms with E-state index in [0.717, 1.165) is 5.56 Å². The minimum Gasteiger partial charge on any atom is -0.489 e. The third-order valence-corrected chi connectivity index (χ3v) is 4.94. The van der Waals surface area contributed by atoms with Gasteiger partial charge in [-0.2, -0.15) is 0 Å². The van der Waals surface area contributed by atoms with Gasteiger partial charge in [-0.15, -0.1) is 0 Å². The summed E-state index contributed by atoms with van der Waals surface area (Å²) in [6.07, 6.45) is 0. The summed E-state index contributed by atoms with van der Waals surface area (Å²) in [4.78, 5) is 23.8. The van der Waals surface area contributed by atoms with Crippen LogP contribution in [0.3, 0.4) is 0 Å². The molecule has 0 fully saturated rings. The summed E-state index contributed by atoms with van der Waals surface area (Å²) in [6, 6.07) is 18.8. The first-order valence-corrected chi connectivity index (χ1v) is 10.1. The summed E-state index contributed by atoms with van der Waals surface area (Å²) in [5.74, 6) is -1.15. The van der Waals surface area contributed by atoms with E-state index in [2.05, 4.69) is 10.6 Å². The zero-order valence-corrected chi connectivity index (χ0v) is 18.2. The van der Waals surface area contributed by atoms with E-state index in [0.29, 0.717) is 17.9 Å². The van der Waals surface area contributed by atoms with Crippen molar-refractivity contribution in [1.82, 2.24) is 5.32 Å². The quantitative estimate of drug-likeness (QED) is 0.414. The standard InChI is InChI=1S/C22H16Cl2N2O4S/c23-17-11-18(24)19(10-16(17)21(28)29)25-22(31)26-20(27)14-7-4-8-15(9-14)30-12-13-5-2-1-3-6-13/h1-11H,12H2,(H,28,29)(H2,25,26,27,31). The van der Waals surface area contributed by atoms with Crippen LogP contribution in [0.25, 0.3) is 0 Å². The Labute approximate surface area is 193 Å². The molecule has 6 nitrogen and oxygen atoms in total. The van der Waals surface area contributed by atoms with Crippen molar-refractivity contribution in [2.24, 2.45) is 0 Å². The number of hydrogen-bond donors (Lipinski definition) is 3. The summed E-state index contributed by atoms with van der Waals surface area (Å²) in [6.45, 7) is 0.368. The van der Waals surface area contributed by atoms with Crippen molar-refractivity contribution in [3.05, 3.63) is 93.5 Å². The summed E-state index contributed by atoms with van der Waals surface area (Å²) >= 11 is 17.1. The van der Waals surface area contributed by atoms with Crippen molar-refractivity contribution in [3.8, 4) is 5.75 Å². The van der Waals surface area contributed by atoms with E-state index >= 15 is 0 Å². The van der Waals surface area contributed by atoms with Crippen LogP contribution in [0.4, 0.5) is 5.69 Å². The zero-order valence-electron chi connectivity index (χ0n) is 15.9. The molecule has 3 rings (SSSR count). The number of carboxylic acid groups (broad SMARTS) is 1. The Balaban J connectivity index is 1.64. The summed E-state index contributed by atoms with van der Waals surface area (Å²) in [7, 11) is 0. The van der Waals surface area contributed by atoms with Crippen LogP contribution in [-0.2, 0) is 6.61 Å². The number of ether oxygens (including phenoxy) is 1. The number of rotatable bonds is 6. The average Bonchev–Trinajstić information content (AvgIpc) is 2.75. The normalized spacial score (nSPS) is 10.3. The maximum absolute atomic E-state index is 12.5. The number of carbonyl (C=O) groups excluding carboxylic acids is 1. The van der Waals surface area contributed by atoms with Crippen LogP contribution in [0.5, 0.6) is 5.75 Å². The fourth-order valence-corrected chi connectivity index (χ4v) is 3.32. The van der Waals surface area contributed by atoms with Crippen molar-refractivity contribution >= 4 is 58.1 Å². The van der Waals surface area contributed by atoms with Crippen molar-refractivity contribution in [3.63, 3.8) is 0 Å². The molecule has 0 unspecified atom stereocenters. The predicted octanol–water partition coefficient (Wildman–Crippen LogP) is 5.40. The van der Waals surface area contributed by atoms with Gasteiger partial charge in [-0.05, 0) is 48.1 Å². The molecule has 3 aromatic carbocycles. The topological polar surface area (TPSA) is 87.7 Å². The number of amides is 1. The molecule has 0 aliphatic rings. The Morgan fingerprint density at radius 3 is 2.42 bits per heavy atom. The van der Waals surface area contributed by atoms with Gasteiger partial charge in [-0.3, -0.25) is 10.1 Å². The number of nitrogens with one attached hydrogen (secondary N) is 2. The highest BCUT2D eigenvalue weighted by Crippen LogP contribution is 2.29. The van der Waals surface area contributed by atoms with Gasteiger partial charge >= 0.3 is 5.97 Å². The Bertz CT molecular complexity index is 1140. The Hall–Kier alpha value is -3.13. The average molecular weight is 475 g/mol. The number of carbonyl (C=O) groups is 2. The first-order chi connectivity index (χ1) is 14.8. The molecule has 0 atom stereocenters. The highest BCUT2D eigenvalue weighted by molar-refractivity contribution is 7.80. The summed E-state index contributed by atoms with van der Waals surface area (Å²) < 4.78 is 5.73. The van der Waals surface area contributed by atoms with Gasteiger partial charge in [0.05, 0.1) is 21.3 Å². The van der Waals surface area contributed by atoms with Crippen LogP contribution in [-0.4, -0.2) is 22.1 Å². The highest BCUT2D eigenvalue weighted by atomic mass is 35.5. The minimum atomic E-state index is -1.22. The molecule has 0 bridgehead atoms. The van der Waals surface area contributed by atoms with E-state index in [4.69, 9.17) is 40.2 Å². The van der Waals surface area contributed by atoms with Crippen molar-refractivity contribution in [2.45, 2.75) is 6.61 Å². The fraction of sp³-hybridized carbons (Fsp3) is 0.0455. The lowest BCUT2D eigenvalue weighted by Crippen LogP contribution is -2.34. The minimum absolute atomic E-state index is 0.00896. The Morgan fingerprint density at radius 2 is 1.71 bits per heavy atom. The van der Waals surface area contributed by atoms with Crippen LogP contribution in [0.15, 0.2) is 66.7 Å². The zero-order chi connectivity index (χ0) is 22.4. The number of anilines is 1.